The van der Waals surface area contributed by atoms with E-state index >= 15 is 0 Å². The summed E-state index contributed by atoms with van der Waals surface area (Å²) in [6.07, 6.45) is 3.04. The molecule has 0 radical (unpaired) electrons. The molecule has 94 valence electrons. The van der Waals surface area contributed by atoms with Crippen LogP contribution in [0.5, 0.6) is 0 Å². The Hall–Kier alpha value is -2.40. The van der Waals surface area contributed by atoms with E-state index in [1.165, 1.54) is 17.7 Å². The number of oxazole rings is 1. The Morgan fingerprint density at radius 2 is 2.05 bits per heavy atom. The monoisotopic (exact) mass is 270 g/mol. The number of rotatable bonds is 3. The van der Waals surface area contributed by atoms with E-state index < -0.39 is 0 Å². The Labute approximate surface area is 113 Å². The molecular formula is C14H10N2O2S. The van der Waals surface area contributed by atoms with Gasteiger partial charge in [0.05, 0.1) is 11.1 Å². The van der Waals surface area contributed by atoms with Gasteiger partial charge in [0.1, 0.15) is 0 Å². The van der Waals surface area contributed by atoms with Gasteiger partial charge in [-0.2, -0.15) is 0 Å². The lowest BCUT2D eigenvalue weighted by Gasteiger charge is -2.04. The molecule has 0 saturated heterocycles. The van der Waals surface area contributed by atoms with E-state index in [2.05, 4.69) is 10.3 Å². The van der Waals surface area contributed by atoms with E-state index in [4.69, 9.17) is 4.42 Å². The number of carbonyl (C=O) groups excluding carboxylic acids is 1. The molecule has 0 fully saturated rings. The van der Waals surface area contributed by atoms with Gasteiger partial charge in [0.2, 0.25) is 0 Å². The molecule has 2 aromatic heterocycles. The summed E-state index contributed by atoms with van der Waals surface area (Å²) in [5, 5.41) is 4.72. The van der Waals surface area contributed by atoms with Crippen LogP contribution in [0.25, 0.3) is 11.3 Å². The van der Waals surface area contributed by atoms with Gasteiger partial charge >= 0.3 is 0 Å². The van der Waals surface area contributed by atoms with E-state index in [9.17, 15) is 4.79 Å². The van der Waals surface area contributed by atoms with Crippen LogP contribution in [0.2, 0.25) is 0 Å². The molecule has 1 aromatic carbocycles. The van der Waals surface area contributed by atoms with Gasteiger partial charge in [0.25, 0.3) is 5.91 Å². The van der Waals surface area contributed by atoms with E-state index in [0.29, 0.717) is 10.6 Å². The molecule has 3 aromatic rings. The quantitative estimate of drug-likeness (QED) is 0.790. The predicted molar refractivity (Wildman–Crippen MR) is 74.2 cm³/mol. The number of thiophene rings is 1. The van der Waals surface area contributed by atoms with Crippen LogP contribution < -0.4 is 5.32 Å². The third kappa shape index (κ3) is 2.56. The SMILES string of the molecule is O=C(Nc1ccc(-c2cnco2)cc1)c1cccs1. The molecule has 0 unspecified atom stereocenters. The molecule has 0 saturated carbocycles. The molecule has 2 heterocycles. The van der Waals surface area contributed by atoms with Gasteiger partial charge in [0, 0.05) is 11.3 Å². The van der Waals surface area contributed by atoms with Crippen LogP contribution in [0, 0.1) is 0 Å². The van der Waals surface area contributed by atoms with Crippen LogP contribution in [0.4, 0.5) is 5.69 Å². The first kappa shape index (κ1) is 11.7. The van der Waals surface area contributed by atoms with Crippen molar-refractivity contribution in [3.63, 3.8) is 0 Å². The minimum Gasteiger partial charge on any atom is -0.444 e. The fourth-order valence-corrected chi connectivity index (χ4v) is 2.30. The maximum atomic E-state index is 11.9. The Balaban J connectivity index is 1.75. The molecule has 1 amide bonds. The normalized spacial score (nSPS) is 10.3. The van der Waals surface area contributed by atoms with Crippen molar-refractivity contribution in [3.05, 3.63) is 59.2 Å². The highest BCUT2D eigenvalue weighted by Gasteiger charge is 2.07. The highest BCUT2D eigenvalue weighted by Crippen LogP contribution is 2.21. The summed E-state index contributed by atoms with van der Waals surface area (Å²) < 4.78 is 5.20. The van der Waals surface area contributed by atoms with Gasteiger partial charge in [-0.15, -0.1) is 11.3 Å². The van der Waals surface area contributed by atoms with Crippen molar-refractivity contribution in [2.75, 3.05) is 5.32 Å². The van der Waals surface area contributed by atoms with Crippen molar-refractivity contribution >= 4 is 22.9 Å². The van der Waals surface area contributed by atoms with Crippen LogP contribution >= 0.6 is 11.3 Å². The number of carbonyl (C=O) groups is 1. The summed E-state index contributed by atoms with van der Waals surface area (Å²) in [5.41, 5.74) is 1.67. The maximum Gasteiger partial charge on any atom is 0.265 e. The number of hydrogen-bond donors (Lipinski definition) is 1. The predicted octanol–water partition coefficient (Wildman–Crippen LogP) is 3.66. The fraction of sp³-hybridized carbons (Fsp3) is 0. The summed E-state index contributed by atoms with van der Waals surface area (Å²) in [6.45, 7) is 0. The minimum absolute atomic E-state index is 0.0950. The van der Waals surface area contributed by atoms with Crippen molar-refractivity contribution in [1.82, 2.24) is 4.98 Å². The number of benzene rings is 1. The Morgan fingerprint density at radius 1 is 1.21 bits per heavy atom. The number of hydrogen-bond acceptors (Lipinski definition) is 4. The highest BCUT2D eigenvalue weighted by molar-refractivity contribution is 7.12. The third-order valence-electron chi connectivity index (χ3n) is 2.60. The first-order chi connectivity index (χ1) is 9.33. The molecule has 19 heavy (non-hydrogen) atoms. The Bertz CT molecular complexity index is 658. The molecular weight excluding hydrogens is 260 g/mol. The highest BCUT2D eigenvalue weighted by atomic mass is 32.1. The Kier molecular flexibility index (Phi) is 3.12. The van der Waals surface area contributed by atoms with Gasteiger partial charge in [-0.05, 0) is 35.7 Å². The maximum absolute atomic E-state index is 11.9. The molecule has 0 aliphatic rings. The average Bonchev–Trinajstić information content (AvgIpc) is 3.13. The lowest BCUT2D eigenvalue weighted by Crippen LogP contribution is -2.09. The van der Waals surface area contributed by atoms with Crippen LogP contribution in [0.3, 0.4) is 0 Å². The average molecular weight is 270 g/mol. The van der Waals surface area contributed by atoms with Crippen LogP contribution in [-0.2, 0) is 0 Å². The standard InChI is InChI=1S/C14H10N2O2S/c17-14(13-2-1-7-19-13)16-11-5-3-10(4-6-11)12-8-15-9-18-12/h1-9H,(H,16,17). The van der Waals surface area contributed by atoms with Crippen molar-refractivity contribution in [3.8, 4) is 11.3 Å². The van der Waals surface area contributed by atoms with Gasteiger partial charge in [-0.3, -0.25) is 4.79 Å². The molecule has 1 N–H and O–H groups in total. The van der Waals surface area contributed by atoms with E-state index in [-0.39, 0.29) is 5.91 Å². The van der Waals surface area contributed by atoms with Crippen molar-refractivity contribution in [1.29, 1.82) is 0 Å². The second-order valence-corrected chi connectivity index (χ2v) is 4.82. The van der Waals surface area contributed by atoms with Crippen LogP contribution in [0.1, 0.15) is 9.67 Å². The van der Waals surface area contributed by atoms with Gasteiger partial charge < -0.3 is 9.73 Å². The molecule has 0 bridgehead atoms. The summed E-state index contributed by atoms with van der Waals surface area (Å²) in [5.74, 6) is 0.610. The van der Waals surface area contributed by atoms with Gasteiger partial charge in [-0.1, -0.05) is 6.07 Å². The molecule has 4 nitrogen and oxygen atoms in total. The molecule has 0 spiro atoms. The molecule has 0 aliphatic carbocycles. The van der Waals surface area contributed by atoms with Gasteiger partial charge in [-0.25, -0.2) is 4.98 Å². The second kappa shape index (κ2) is 5.07. The van der Waals surface area contributed by atoms with Crippen molar-refractivity contribution < 1.29 is 9.21 Å². The summed E-state index contributed by atoms with van der Waals surface area (Å²) in [6, 6.07) is 11.1. The lowest BCUT2D eigenvalue weighted by atomic mass is 10.1. The first-order valence-corrected chi connectivity index (χ1v) is 6.55. The topological polar surface area (TPSA) is 55.1 Å². The van der Waals surface area contributed by atoms with Crippen molar-refractivity contribution in [2.45, 2.75) is 0 Å². The summed E-state index contributed by atoms with van der Waals surface area (Å²) >= 11 is 1.42. The first-order valence-electron chi connectivity index (χ1n) is 5.67. The number of anilines is 1. The number of amides is 1. The zero-order valence-corrected chi connectivity index (χ0v) is 10.7. The zero-order chi connectivity index (χ0) is 13.1. The molecule has 5 heteroatoms. The number of nitrogens with one attached hydrogen (secondary N) is 1. The van der Waals surface area contributed by atoms with E-state index in [1.54, 1.807) is 12.3 Å². The smallest absolute Gasteiger partial charge is 0.265 e. The van der Waals surface area contributed by atoms with E-state index in [1.807, 2.05) is 35.7 Å². The Morgan fingerprint density at radius 3 is 2.68 bits per heavy atom. The molecule has 3 rings (SSSR count). The molecule has 0 atom stereocenters. The number of aromatic nitrogens is 1. The second-order valence-electron chi connectivity index (χ2n) is 3.87. The summed E-state index contributed by atoms with van der Waals surface area (Å²) in [7, 11) is 0. The van der Waals surface area contributed by atoms with Gasteiger partial charge in [0.15, 0.2) is 12.2 Å². The lowest BCUT2D eigenvalue weighted by molar-refractivity contribution is 0.103. The van der Waals surface area contributed by atoms with Crippen LogP contribution in [-0.4, -0.2) is 10.9 Å². The van der Waals surface area contributed by atoms with Crippen molar-refractivity contribution in [2.24, 2.45) is 0 Å². The largest absolute Gasteiger partial charge is 0.444 e. The summed E-state index contributed by atoms with van der Waals surface area (Å²) in [4.78, 5) is 16.4. The van der Waals surface area contributed by atoms with E-state index in [0.717, 1.165) is 11.3 Å². The molecule has 0 aliphatic heterocycles. The minimum atomic E-state index is -0.0950. The fourth-order valence-electron chi connectivity index (χ4n) is 1.68. The van der Waals surface area contributed by atoms with Crippen LogP contribution in [0.15, 0.2) is 58.8 Å². The third-order valence-corrected chi connectivity index (χ3v) is 3.47. The number of nitrogens with zero attached hydrogens (tertiary/aromatic N) is 1. The zero-order valence-electron chi connectivity index (χ0n) is 9.87.